The number of benzene rings is 1. The standard InChI is InChI=1S/C13H14ClNO2/c1-10(17)15-5-3-2-4-11-6-12(9-16)8-13(14)7-11/h2,4,6-9H,3,5H2,1H3,(H,15,17). The van der Waals surface area contributed by atoms with Gasteiger partial charge >= 0.3 is 0 Å². The summed E-state index contributed by atoms with van der Waals surface area (Å²) in [6, 6.07) is 5.15. The van der Waals surface area contributed by atoms with E-state index in [-0.39, 0.29) is 5.91 Å². The summed E-state index contributed by atoms with van der Waals surface area (Å²) in [4.78, 5) is 21.2. The molecule has 0 bridgehead atoms. The minimum atomic E-state index is -0.0376. The van der Waals surface area contributed by atoms with Gasteiger partial charge < -0.3 is 5.32 Å². The molecule has 0 aliphatic rings. The van der Waals surface area contributed by atoms with Crippen LogP contribution < -0.4 is 5.32 Å². The van der Waals surface area contributed by atoms with E-state index in [4.69, 9.17) is 11.6 Å². The van der Waals surface area contributed by atoms with Crippen LogP contribution in [-0.2, 0) is 4.79 Å². The Hall–Kier alpha value is -1.61. The molecular weight excluding hydrogens is 238 g/mol. The van der Waals surface area contributed by atoms with E-state index in [1.807, 2.05) is 12.2 Å². The van der Waals surface area contributed by atoms with Crippen LogP contribution in [-0.4, -0.2) is 18.7 Å². The fourth-order valence-corrected chi connectivity index (χ4v) is 1.60. The van der Waals surface area contributed by atoms with Crippen LogP contribution >= 0.6 is 11.6 Å². The van der Waals surface area contributed by atoms with Crippen molar-refractivity contribution < 1.29 is 9.59 Å². The predicted molar refractivity (Wildman–Crippen MR) is 69.2 cm³/mol. The molecule has 0 unspecified atom stereocenters. The Morgan fingerprint density at radius 1 is 1.35 bits per heavy atom. The van der Waals surface area contributed by atoms with Crippen molar-refractivity contribution in [3.8, 4) is 0 Å². The van der Waals surface area contributed by atoms with Gasteiger partial charge in [-0.25, -0.2) is 0 Å². The molecule has 0 aromatic heterocycles. The Bertz CT molecular complexity index is 441. The van der Waals surface area contributed by atoms with Crippen LogP contribution in [0.15, 0.2) is 24.3 Å². The van der Waals surface area contributed by atoms with Gasteiger partial charge in [-0.2, -0.15) is 0 Å². The minimum absolute atomic E-state index is 0.0376. The second kappa shape index (κ2) is 6.86. The van der Waals surface area contributed by atoms with E-state index in [9.17, 15) is 9.59 Å². The molecule has 0 saturated carbocycles. The number of carbonyl (C=O) groups is 2. The third-order valence-electron chi connectivity index (χ3n) is 2.07. The first-order valence-electron chi connectivity index (χ1n) is 5.28. The summed E-state index contributed by atoms with van der Waals surface area (Å²) in [5.74, 6) is -0.0376. The van der Waals surface area contributed by atoms with Gasteiger partial charge in [-0.3, -0.25) is 9.59 Å². The van der Waals surface area contributed by atoms with Crippen molar-refractivity contribution in [2.24, 2.45) is 0 Å². The molecule has 1 aromatic carbocycles. The third-order valence-corrected chi connectivity index (χ3v) is 2.29. The Labute approximate surface area is 105 Å². The molecule has 1 rings (SSSR count). The molecule has 90 valence electrons. The van der Waals surface area contributed by atoms with Crippen molar-refractivity contribution in [3.63, 3.8) is 0 Å². The fourth-order valence-electron chi connectivity index (χ4n) is 1.35. The lowest BCUT2D eigenvalue weighted by Crippen LogP contribution is -2.20. The van der Waals surface area contributed by atoms with Crippen molar-refractivity contribution in [2.45, 2.75) is 13.3 Å². The number of hydrogen-bond acceptors (Lipinski definition) is 2. The lowest BCUT2D eigenvalue weighted by molar-refractivity contribution is -0.118. The molecule has 1 aromatic rings. The van der Waals surface area contributed by atoms with Crippen LogP contribution in [0.2, 0.25) is 5.02 Å². The smallest absolute Gasteiger partial charge is 0.216 e. The van der Waals surface area contributed by atoms with Gasteiger partial charge in [0.05, 0.1) is 0 Å². The van der Waals surface area contributed by atoms with Gasteiger partial charge in [0, 0.05) is 24.1 Å². The zero-order valence-corrected chi connectivity index (χ0v) is 10.3. The average Bonchev–Trinajstić information content (AvgIpc) is 2.27. The Kier molecular flexibility index (Phi) is 5.43. The zero-order chi connectivity index (χ0) is 12.7. The summed E-state index contributed by atoms with van der Waals surface area (Å²) in [5, 5.41) is 3.23. The number of rotatable bonds is 5. The maximum Gasteiger partial charge on any atom is 0.216 e. The van der Waals surface area contributed by atoms with E-state index in [0.717, 1.165) is 18.3 Å². The van der Waals surface area contributed by atoms with Gasteiger partial charge in [-0.15, -0.1) is 0 Å². The maximum absolute atomic E-state index is 10.6. The van der Waals surface area contributed by atoms with Crippen LogP contribution in [0.3, 0.4) is 0 Å². The predicted octanol–water partition coefficient (Wildman–Crippen LogP) is 2.69. The van der Waals surface area contributed by atoms with E-state index < -0.39 is 0 Å². The number of hydrogen-bond donors (Lipinski definition) is 1. The van der Waals surface area contributed by atoms with Crippen molar-refractivity contribution in [1.82, 2.24) is 5.32 Å². The molecule has 1 N–H and O–H groups in total. The molecule has 0 fully saturated rings. The molecule has 0 heterocycles. The molecule has 0 atom stereocenters. The summed E-state index contributed by atoms with van der Waals surface area (Å²) in [7, 11) is 0. The lowest BCUT2D eigenvalue weighted by Gasteiger charge is -1.99. The third kappa shape index (κ3) is 5.31. The highest BCUT2D eigenvalue weighted by Gasteiger charge is 1.96. The van der Waals surface area contributed by atoms with Crippen LogP contribution in [0.5, 0.6) is 0 Å². The molecule has 0 aliphatic heterocycles. The van der Waals surface area contributed by atoms with Gasteiger partial charge in [-0.05, 0) is 30.2 Å². The van der Waals surface area contributed by atoms with Crippen molar-refractivity contribution >= 4 is 29.9 Å². The van der Waals surface area contributed by atoms with Gasteiger partial charge in [-0.1, -0.05) is 23.8 Å². The highest BCUT2D eigenvalue weighted by molar-refractivity contribution is 6.31. The van der Waals surface area contributed by atoms with E-state index in [0.29, 0.717) is 17.1 Å². The molecule has 0 aliphatic carbocycles. The highest BCUT2D eigenvalue weighted by Crippen LogP contribution is 2.15. The monoisotopic (exact) mass is 251 g/mol. The van der Waals surface area contributed by atoms with Crippen LogP contribution in [0.1, 0.15) is 29.3 Å². The summed E-state index contributed by atoms with van der Waals surface area (Å²) < 4.78 is 0. The molecule has 17 heavy (non-hydrogen) atoms. The summed E-state index contributed by atoms with van der Waals surface area (Å²) >= 11 is 5.86. The Balaban J connectivity index is 2.55. The molecule has 1 amide bonds. The summed E-state index contributed by atoms with van der Waals surface area (Å²) in [6.45, 7) is 2.09. The minimum Gasteiger partial charge on any atom is -0.356 e. The Morgan fingerprint density at radius 2 is 2.06 bits per heavy atom. The van der Waals surface area contributed by atoms with Crippen molar-refractivity contribution in [3.05, 3.63) is 40.4 Å². The van der Waals surface area contributed by atoms with Gasteiger partial charge in [0.1, 0.15) is 6.29 Å². The summed E-state index contributed by atoms with van der Waals surface area (Å²) in [5.41, 5.74) is 1.43. The van der Waals surface area contributed by atoms with E-state index in [2.05, 4.69) is 5.32 Å². The first kappa shape index (κ1) is 13.5. The molecule has 3 nitrogen and oxygen atoms in total. The van der Waals surface area contributed by atoms with Crippen LogP contribution in [0.4, 0.5) is 0 Å². The molecule has 0 radical (unpaired) electrons. The normalized spacial score (nSPS) is 10.5. The Morgan fingerprint density at radius 3 is 2.71 bits per heavy atom. The second-order valence-electron chi connectivity index (χ2n) is 3.61. The maximum atomic E-state index is 10.6. The van der Waals surface area contributed by atoms with Gasteiger partial charge in [0.15, 0.2) is 0 Å². The zero-order valence-electron chi connectivity index (χ0n) is 9.57. The van der Waals surface area contributed by atoms with E-state index in [1.165, 1.54) is 6.92 Å². The van der Waals surface area contributed by atoms with Crippen molar-refractivity contribution in [1.29, 1.82) is 0 Å². The number of halogens is 1. The lowest BCUT2D eigenvalue weighted by atomic mass is 10.1. The largest absolute Gasteiger partial charge is 0.356 e. The molecule has 0 saturated heterocycles. The van der Waals surface area contributed by atoms with E-state index >= 15 is 0 Å². The van der Waals surface area contributed by atoms with Crippen LogP contribution in [0, 0.1) is 0 Å². The molecule has 0 spiro atoms. The topological polar surface area (TPSA) is 46.2 Å². The molecular formula is C13H14ClNO2. The van der Waals surface area contributed by atoms with Crippen LogP contribution in [0.25, 0.3) is 6.08 Å². The number of aldehydes is 1. The average molecular weight is 252 g/mol. The number of amides is 1. The van der Waals surface area contributed by atoms with E-state index in [1.54, 1.807) is 18.2 Å². The highest BCUT2D eigenvalue weighted by atomic mass is 35.5. The van der Waals surface area contributed by atoms with Gasteiger partial charge in [0.2, 0.25) is 5.91 Å². The first-order chi connectivity index (χ1) is 8.11. The first-order valence-corrected chi connectivity index (χ1v) is 5.66. The second-order valence-corrected chi connectivity index (χ2v) is 4.05. The molecule has 4 heteroatoms. The SMILES string of the molecule is CC(=O)NCCC=Cc1cc(Cl)cc(C=O)c1. The quantitative estimate of drug-likeness (QED) is 0.646. The summed E-state index contributed by atoms with van der Waals surface area (Å²) in [6.07, 6.45) is 5.31. The van der Waals surface area contributed by atoms with Crippen molar-refractivity contribution in [2.75, 3.05) is 6.54 Å². The van der Waals surface area contributed by atoms with Gasteiger partial charge in [0.25, 0.3) is 0 Å². The fraction of sp³-hybridized carbons (Fsp3) is 0.231. The number of nitrogens with one attached hydrogen (secondary N) is 1. The number of carbonyl (C=O) groups excluding carboxylic acids is 2.